The highest BCUT2D eigenvalue weighted by Gasteiger charge is 2.53. The lowest BCUT2D eigenvalue weighted by Gasteiger charge is -2.29. The van der Waals surface area contributed by atoms with Crippen LogP contribution in [0.1, 0.15) is 25.5 Å². The average molecular weight is 339 g/mol. The monoisotopic (exact) mass is 339 g/mol. The predicted molar refractivity (Wildman–Crippen MR) is 81.6 cm³/mol. The Balaban J connectivity index is 1.53. The average Bonchev–Trinajstić information content (AvgIpc) is 3.13. The Bertz CT molecular complexity index is 661. The minimum atomic E-state index is -0.623. The maximum Gasteiger partial charge on any atom is 0.330 e. The molecule has 2 saturated heterocycles. The number of fused-ring (bicyclic) bond motifs is 1. The van der Waals surface area contributed by atoms with Gasteiger partial charge in [-0.25, -0.2) is 4.79 Å². The van der Waals surface area contributed by atoms with Crippen molar-refractivity contribution in [2.24, 2.45) is 0 Å². The van der Waals surface area contributed by atoms with Crippen molar-refractivity contribution >= 4 is 35.4 Å². The molecule has 2 amide bonds. The normalized spacial score (nSPS) is 26.3. The third-order valence-electron chi connectivity index (χ3n) is 3.96. The minimum Gasteiger partial charge on any atom is -0.454 e. The number of ether oxygens (including phenoxy) is 1. The van der Waals surface area contributed by atoms with Crippen molar-refractivity contribution in [3.05, 3.63) is 11.8 Å². The molecule has 2 atom stereocenters. The number of nitrogens with one attached hydrogen (secondary N) is 1. The fourth-order valence-electron chi connectivity index (χ4n) is 2.83. The number of amides is 2. The molecule has 1 aromatic rings. The predicted octanol–water partition coefficient (Wildman–Crippen LogP) is 0.919. The third kappa shape index (κ3) is 3.05. The molecule has 0 radical (unpaired) electrons. The highest BCUT2D eigenvalue weighted by Crippen LogP contribution is 2.47. The number of aryl methyl sites for hydroxylation is 1. The molecule has 2 aliphatic rings. The number of carbonyl (C=O) groups excluding carboxylic acids is 3. The van der Waals surface area contributed by atoms with Crippen molar-refractivity contribution in [3.8, 4) is 0 Å². The largest absolute Gasteiger partial charge is 0.454 e. The van der Waals surface area contributed by atoms with Crippen LogP contribution in [0.25, 0.3) is 0 Å². The lowest BCUT2D eigenvalue weighted by atomic mass is 10.2. The molecule has 0 saturated carbocycles. The molecule has 2 aliphatic heterocycles. The van der Waals surface area contributed by atoms with Crippen LogP contribution in [-0.2, 0) is 19.1 Å². The number of carbonyl (C=O) groups is 3. The summed E-state index contributed by atoms with van der Waals surface area (Å²) in [5, 5.41) is 6.08. The van der Waals surface area contributed by atoms with E-state index in [2.05, 4.69) is 10.5 Å². The van der Waals surface area contributed by atoms with Crippen LogP contribution in [0, 0.1) is 6.92 Å². The Morgan fingerprint density at radius 1 is 1.61 bits per heavy atom. The summed E-state index contributed by atoms with van der Waals surface area (Å²) < 4.78 is 9.87. The molecule has 1 N–H and O–H groups in total. The standard InChI is InChI=1S/C14H17N3O5S/c1-8-5-10(16-22-8)15-11(18)6-21-13(20)9-7-23-14(2)4-3-12(19)17(9)14/h5,9H,3-4,6-7H2,1-2H3,(H,15,16,18)/t9-,14-/m0/s1. The van der Waals surface area contributed by atoms with Gasteiger partial charge in [-0.1, -0.05) is 5.16 Å². The molecule has 0 aliphatic carbocycles. The summed E-state index contributed by atoms with van der Waals surface area (Å²) >= 11 is 1.58. The molecule has 9 heteroatoms. The van der Waals surface area contributed by atoms with Gasteiger partial charge in [0.05, 0.1) is 4.87 Å². The molecular formula is C14H17N3O5S. The molecule has 23 heavy (non-hydrogen) atoms. The van der Waals surface area contributed by atoms with Crippen molar-refractivity contribution < 1.29 is 23.6 Å². The molecule has 8 nitrogen and oxygen atoms in total. The number of anilines is 1. The number of rotatable bonds is 4. The van der Waals surface area contributed by atoms with E-state index in [0.717, 1.165) is 6.42 Å². The van der Waals surface area contributed by atoms with Gasteiger partial charge in [0.2, 0.25) is 5.91 Å². The first kappa shape index (κ1) is 15.9. The summed E-state index contributed by atoms with van der Waals surface area (Å²) in [7, 11) is 0. The zero-order valence-electron chi connectivity index (χ0n) is 12.8. The van der Waals surface area contributed by atoms with Crippen LogP contribution >= 0.6 is 11.8 Å². The van der Waals surface area contributed by atoms with E-state index < -0.39 is 24.5 Å². The fraction of sp³-hybridized carbons (Fsp3) is 0.571. The van der Waals surface area contributed by atoms with Crippen LogP contribution in [-0.4, -0.2) is 51.1 Å². The minimum absolute atomic E-state index is 0.0398. The Morgan fingerprint density at radius 2 is 2.39 bits per heavy atom. The van der Waals surface area contributed by atoms with Crippen LogP contribution in [0.15, 0.2) is 10.6 Å². The summed E-state index contributed by atoms with van der Waals surface area (Å²) in [6.45, 7) is 3.23. The molecule has 2 fully saturated rings. The first-order chi connectivity index (χ1) is 10.9. The molecule has 0 aromatic carbocycles. The van der Waals surface area contributed by atoms with Crippen molar-refractivity contribution in [2.45, 2.75) is 37.6 Å². The Kier molecular flexibility index (Phi) is 4.05. The number of hydrogen-bond acceptors (Lipinski definition) is 7. The van der Waals surface area contributed by atoms with Crippen molar-refractivity contribution in [2.75, 3.05) is 17.7 Å². The lowest BCUT2D eigenvalue weighted by Crippen LogP contribution is -2.47. The van der Waals surface area contributed by atoms with E-state index in [4.69, 9.17) is 9.26 Å². The van der Waals surface area contributed by atoms with Crippen LogP contribution in [0.2, 0.25) is 0 Å². The van der Waals surface area contributed by atoms with E-state index in [1.165, 1.54) is 0 Å². The smallest absolute Gasteiger partial charge is 0.330 e. The Labute approximate surface area is 136 Å². The van der Waals surface area contributed by atoms with Gasteiger partial charge in [0.1, 0.15) is 11.8 Å². The highest BCUT2D eigenvalue weighted by atomic mass is 32.2. The van der Waals surface area contributed by atoms with E-state index in [-0.39, 0.29) is 16.6 Å². The lowest BCUT2D eigenvalue weighted by molar-refractivity contribution is -0.155. The van der Waals surface area contributed by atoms with Gasteiger partial charge in [-0.2, -0.15) is 0 Å². The van der Waals surface area contributed by atoms with E-state index >= 15 is 0 Å². The zero-order valence-corrected chi connectivity index (χ0v) is 13.6. The number of aromatic nitrogens is 1. The van der Waals surface area contributed by atoms with Crippen LogP contribution in [0.4, 0.5) is 5.82 Å². The second-order valence-electron chi connectivity index (χ2n) is 5.74. The maximum absolute atomic E-state index is 12.2. The van der Waals surface area contributed by atoms with Gasteiger partial charge in [0, 0.05) is 18.2 Å². The Hall–Kier alpha value is -2.03. The molecule has 0 unspecified atom stereocenters. The molecule has 1 aromatic heterocycles. The van der Waals surface area contributed by atoms with E-state index in [0.29, 0.717) is 17.9 Å². The zero-order chi connectivity index (χ0) is 16.6. The summed E-state index contributed by atoms with van der Waals surface area (Å²) in [5.74, 6) is 0.220. The van der Waals surface area contributed by atoms with E-state index in [1.54, 1.807) is 29.7 Å². The first-order valence-electron chi connectivity index (χ1n) is 7.25. The molecule has 124 valence electrons. The van der Waals surface area contributed by atoms with Gasteiger partial charge in [-0.15, -0.1) is 11.8 Å². The number of thioether (sulfide) groups is 1. The summed E-state index contributed by atoms with van der Waals surface area (Å²) in [6.07, 6.45) is 1.17. The highest BCUT2D eigenvalue weighted by molar-refractivity contribution is 8.01. The van der Waals surface area contributed by atoms with Crippen molar-refractivity contribution in [1.29, 1.82) is 0 Å². The van der Waals surface area contributed by atoms with E-state index in [1.807, 2.05) is 6.92 Å². The summed E-state index contributed by atoms with van der Waals surface area (Å²) in [5.41, 5.74) is 0. The van der Waals surface area contributed by atoms with E-state index in [9.17, 15) is 14.4 Å². The quantitative estimate of drug-likeness (QED) is 0.814. The molecule has 0 spiro atoms. The molecule has 0 bridgehead atoms. The first-order valence-corrected chi connectivity index (χ1v) is 8.23. The van der Waals surface area contributed by atoms with Gasteiger partial charge >= 0.3 is 5.97 Å². The second kappa shape index (κ2) is 5.88. The number of hydrogen-bond donors (Lipinski definition) is 1. The molecule has 3 heterocycles. The summed E-state index contributed by atoms with van der Waals surface area (Å²) in [6, 6.07) is 0.934. The molecule has 3 rings (SSSR count). The van der Waals surface area contributed by atoms with Gasteiger partial charge in [-0.3, -0.25) is 9.59 Å². The van der Waals surface area contributed by atoms with Gasteiger partial charge in [-0.05, 0) is 20.3 Å². The van der Waals surface area contributed by atoms with Gasteiger partial charge < -0.3 is 19.5 Å². The molecular weight excluding hydrogens is 322 g/mol. The fourth-order valence-corrected chi connectivity index (χ4v) is 4.25. The third-order valence-corrected chi connectivity index (χ3v) is 5.46. The number of nitrogens with zero attached hydrogens (tertiary/aromatic N) is 2. The SMILES string of the molecule is Cc1cc(NC(=O)COC(=O)[C@@H]2CS[C@@]3(C)CCC(=O)N23)no1. The van der Waals surface area contributed by atoms with Crippen LogP contribution in [0.5, 0.6) is 0 Å². The van der Waals surface area contributed by atoms with Crippen LogP contribution in [0.3, 0.4) is 0 Å². The maximum atomic E-state index is 12.2. The van der Waals surface area contributed by atoms with Gasteiger partial charge in [0.25, 0.3) is 5.91 Å². The van der Waals surface area contributed by atoms with Crippen molar-refractivity contribution in [3.63, 3.8) is 0 Å². The Morgan fingerprint density at radius 3 is 3.09 bits per heavy atom. The van der Waals surface area contributed by atoms with Crippen LogP contribution < -0.4 is 5.32 Å². The van der Waals surface area contributed by atoms with Crippen molar-refractivity contribution in [1.82, 2.24) is 10.1 Å². The number of esters is 1. The van der Waals surface area contributed by atoms with Gasteiger partial charge in [0.15, 0.2) is 12.4 Å². The summed E-state index contributed by atoms with van der Waals surface area (Å²) in [4.78, 5) is 37.2. The second-order valence-corrected chi connectivity index (χ2v) is 7.25. The topological polar surface area (TPSA) is 102 Å².